The maximum absolute atomic E-state index is 12.1. The number of nitrogens with one attached hydrogen (secondary N) is 1. The van der Waals surface area contributed by atoms with Gasteiger partial charge in [-0.2, -0.15) is 0 Å². The third kappa shape index (κ3) is 2.51. The van der Waals surface area contributed by atoms with Gasteiger partial charge >= 0.3 is 0 Å². The van der Waals surface area contributed by atoms with Gasteiger partial charge in [0.25, 0.3) is 5.91 Å². The summed E-state index contributed by atoms with van der Waals surface area (Å²) in [7, 11) is 0. The van der Waals surface area contributed by atoms with E-state index in [0.717, 1.165) is 20.8 Å². The maximum atomic E-state index is 12.1. The average molecular weight is 267 g/mol. The first-order valence-electron chi connectivity index (χ1n) is 6.09. The van der Waals surface area contributed by atoms with E-state index in [1.54, 1.807) is 0 Å². The lowest BCUT2D eigenvalue weighted by molar-refractivity contribution is 0.103. The molecule has 1 aromatic heterocycles. The molecule has 0 aliphatic rings. The van der Waals surface area contributed by atoms with E-state index in [-0.39, 0.29) is 5.91 Å². The lowest BCUT2D eigenvalue weighted by Crippen LogP contribution is -2.09. The van der Waals surface area contributed by atoms with Gasteiger partial charge < -0.3 is 5.32 Å². The Morgan fingerprint density at radius 1 is 1.00 bits per heavy atom. The van der Waals surface area contributed by atoms with E-state index in [9.17, 15) is 4.79 Å². The van der Waals surface area contributed by atoms with Gasteiger partial charge in [0, 0.05) is 10.6 Å². The molecule has 1 amide bonds. The quantitative estimate of drug-likeness (QED) is 0.729. The summed E-state index contributed by atoms with van der Waals surface area (Å²) >= 11 is 1.51. The van der Waals surface area contributed by atoms with E-state index in [1.807, 2.05) is 55.5 Å². The zero-order valence-electron chi connectivity index (χ0n) is 10.5. The number of rotatable bonds is 2. The average Bonchev–Trinajstić information content (AvgIpc) is 2.85. The van der Waals surface area contributed by atoms with E-state index in [4.69, 9.17) is 0 Å². The van der Waals surface area contributed by atoms with Crippen LogP contribution in [0.15, 0.2) is 54.6 Å². The lowest BCUT2D eigenvalue weighted by Gasteiger charge is -2.05. The third-order valence-corrected chi connectivity index (χ3v) is 3.97. The van der Waals surface area contributed by atoms with Crippen molar-refractivity contribution in [1.29, 1.82) is 0 Å². The molecule has 0 aliphatic heterocycles. The Hall–Kier alpha value is -2.13. The number of carbonyl (C=O) groups excluding carboxylic acids is 1. The van der Waals surface area contributed by atoms with Crippen molar-refractivity contribution in [3.05, 3.63) is 64.4 Å². The van der Waals surface area contributed by atoms with Crippen LogP contribution in [0.25, 0.3) is 10.8 Å². The van der Waals surface area contributed by atoms with Crippen molar-refractivity contribution in [3.8, 4) is 0 Å². The van der Waals surface area contributed by atoms with Gasteiger partial charge in [-0.25, -0.2) is 0 Å². The van der Waals surface area contributed by atoms with Gasteiger partial charge in [0.15, 0.2) is 0 Å². The molecule has 1 N–H and O–H groups in total. The molecule has 1 heterocycles. The molecule has 0 saturated heterocycles. The second kappa shape index (κ2) is 4.86. The molecule has 0 aliphatic carbocycles. The molecule has 3 rings (SSSR count). The molecular weight excluding hydrogens is 254 g/mol. The van der Waals surface area contributed by atoms with Crippen molar-refractivity contribution < 1.29 is 4.79 Å². The van der Waals surface area contributed by atoms with Crippen LogP contribution < -0.4 is 5.32 Å². The van der Waals surface area contributed by atoms with Crippen LogP contribution in [0, 0.1) is 6.92 Å². The first-order chi connectivity index (χ1) is 9.22. The monoisotopic (exact) mass is 267 g/mol. The summed E-state index contributed by atoms with van der Waals surface area (Å²) in [5.41, 5.74) is 0.828. The molecule has 0 saturated carbocycles. The lowest BCUT2D eigenvalue weighted by atomic mass is 10.1. The molecule has 0 atom stereocenters. The molecular formula is C16H13NOS. The Morgan fingerprint density at radius 2 is 1.79 bits per heavy atom. The molecule has 0 unspecified atom stereocenters. The summed E-state index contributed by atoms with van der Waals surface area (Å²) in [6, 6.07) is 17.9. The van der Waals surface area contributed by atoms with Crippen LogP contribution in [-0.4, -0.2) is 5.91 Å². The largest absolute Gasteiger partial charge is 0.321 e. The fourth-order valence-corrected chi connectivity index (χ4v) is 2.78. The van der Waals surface area contributed by atoms with Crippen LogP contribution in [0.4, 0.5) is 5.69 Å². The van der Waals surface area contributed by atoms with Crippen molar-refractivity contribution >= 4 is 33.7 Å². The van der Waals surface area contributed by atoms with E-state index < -0.39 is 0 Å². The second-order valence-electron chi connectivity index (χ2n) is 4.43. The zero-order valence-corrected chi connectivity index (χ0v) is 11.3. The minimum Gasteiger partial charge on any atom is -0.321 e. The molecule has 3 aromatic rings. The molecule has 0 bridgehead atoms. The summed E-state index contributed by atoms with van der Waals surface area (Å²) in [6.45, 7) is 2.00. The third-order valence-electron chi connectivity index (χ3n) is 2.97. The maximum Gasteiger partial charge on any atom is 0.265 e. The minimum absolute atomic E-state index is 0.0478. The summed E-state index contributed by atoms with van der Waals surface area (Å²) in [6.07, 6.45) is 0. The summed E-state index contributed by atoms with van der Waals surface area (Å²) in [5.74, 6) is -0.0478. The summed E-state index contributed by atoms with van der Waals surface area (Å²) in [5, 5.41) is 5.24. The predicted molar refractivity (Wildman–Crippen MR) is 81.0 cm³/mol. The SMILES string of the molecule is Cc1ccc(C(=O)Nc2ccc3ccccc3c2)s1. The van der Waals surface area contributed by atoms with Crippen LogP contribution in [0.1, 0.15) is 14.5 Å². The van der Waals surface area contributed by atoms with Crippen LogP contribution in [0.5, 0.6) is 0 Å². The number of anilines is 1. The Kier molecular flexibility index (Phi) is 3.05. The van der Waals surface area contributed by atoms with Gasteiger partial charge in [-0.15, -0.1) is 11.3 Å². The van der Waals surface area contributed by atoms with Crippen LogP contribution in [0.2, 0.25) is 0 Å². The Bertz CT molecular complexity index is 745. The van der Waals surface area contributed by atoms with Crippen molar-refractivity contribution in [2.75, 3.05) is 5.32 Å². The van der Waals surface area contributed by atoms with E-state index in [1.165, 1.54) is 16.7 Å². The molecule has 2 nitrogen and oxygen atoms in total. The van der Waals surface area contributed by atoms with Crippen LogP contribution in [0.3, 0.4) is 0 Å². The molecule has 0 fully saturated rings. The molecule has 19 heavy (non-hydrogen) atoms. The molecule has 2 aromatic carbocycles. The van der Waals surface area contributed by atoms with Gasteiger partial charge in [0.1, 0.15) is 0 Å². The van der Waals surface area contributed by atoms with Crippen molar-refractivity contribution in [3.63, 3.8) is 0 Å². The molecule has 0 radical (unpaired) electrons. The number of fused-ring (bicyclic) bond motifs is 1. The summed E-state index contributed by atoms with van der Waals surface area (Å²) < 4.78 is 0. The second-order valence-corrected chi connectivity index (χ2v) is 5.71. The number of hydrogen-bond acceptors (Lipinski definition) is 2. The Balaban J connectivity index is 1.87. The standard InChI is InChI=1S/C16H13NOS/c1-11-6-9-15(19-11)16(18)17-14-8-7-12-4-2-3-5-13(12)10-14/h2-10H,1H3,(H,17,18). The topological polar surface area (TPSA) is 29.1 Å². The zero-order chi connectivity index (χ0) is 13.2. The fourth-order valence-electron chi connectivity index (χ4n) is 2.02. The number of aryl methyl sites for hydroxylation is 1. The van der Waals surface area contributed by atoms with Gasteiger partial charge in [0.05, 0.1) is 4.88 Å². The highest BCUT2D eigenvalue weighted by molar-refractivity contribution is 7.14. The summed E-state index contributed by atoms with van der Waals surface area (Å²) in [4.78, 5) is 13.9. The number of amides is 1. The Morgan fingerprint density at radius 3 is 2.53 bits per heavy atom. The van der Waals surface area contributed by atoms with Crippen LogP contribution >= 0.6 is 11.3 Å². The van der Waals surface area contributed by atoms with Gasteiger partial charge in [-0.1, -0.05) is 30.3 Å². The van der Waals surface area contributed by atoms with Gasteiger partial charge in [-0.05, 0) is 42.0 Å². The van der Waals surface area contributed by atoms with E-state index in [2.05, 4.69) is 11.4 Å². The van der Waals surface area contributed by atoms with Crippen LogP contribution in [-0.2, 0) is 0 Å². The minimum atomic E-state index is -0.0478. The van der Waals surface area contributed by atoms with E-state index in [0.29, 0.717) is 0 Å². The van der Waals surface area contributed by atoms with Crippen molar-refractivity contribution in [2.45, 2.75) is 6.92 Å². The molecule has 3 heteroatoms. The Labute approximate surface area is 115 Å². The predicted octanol–water partition coefficient (Wildman–Crippen LogP) is 4.46. The first kappa shape index (κ1) is 11.9. The highest BCUT2D eigenvalue weighted by Crippen LogP contribution is 2.21. The number of hydrogen-bond donors (Lipinski definition) is 1. The normalized spacial score (nSPS) is 10.6. The number of thiophene rings is 1. The molecule has 94 valence electrons. The fraction of sp³-hybridized carbons (Fsp3) is 0.0625. The van der Waals surface area contributed by atoms with Crippen molar-refractivity contribution in [2.24, 2.45) is 0 Å². The van der Waals surface area contributed by atoms with Crippen molar-refractivity contribution in [1.82, 2.24) is 0 Å². The van der Waals surface area contributed by atoms with Gasteiger partial charge in [-0.3, -0.25) is 4.79 Å². The smallest absolute Gasteiger partial charge is 0.265 e. The van der Waals surface area contributed by atoms with Gasteiger partial charge in [0.2, 0.25) is 0 Å². The highest BCUT2D eigenvalue weighted by Gasteiger charge is 2.08. The number of carbonyl (C=O) groups is 1. The first-order valence-corrected chi connectivity index (χ1v) is 6.90. The van der Waals surface area contributed by atoms with E-state index >= 15 is 0 Å². The molecule has 0 spiro atoms. The number of benzene rings is 2. The highest BCUT2D eigenvalue weighted by atomic mass is 32.1.